The van der Waals surface area contributed by atoms with Gasteiger partial charge in [0.2, 0.25) is 5.91 Å². The third-order valence-electron chi connectivity index (χ3n) is 2.52. The fourth-order valence-electron chi connectivity index (χ4n) is 1.87. The Labute approximate surface area is 119 Å². The lowest BCUT2D eigenvalue weighted by atomic mass is 10.3. The van der Waals surface area contributed by atoms with E-state index in [9.17, 15) is 9.59 Å². The fourth-order valence-corrected chi connectivity index (χ4v) is 3.35. The third-order valence-corrected chi connectivity index (χ3v) is 4.05. The largest absolute Gasteiger partial charge is 0.308 e. The van der Waals surface area contributed by atoms with Crippen molar-refractivity contribution in [1.82, 2.24) is 4.98 Å². The van der Waals surface area contributed by atoms with Gasteiger partial charge in [-0.3, -0.25) is 14.6 Å². The highest BCUT2D eigenvalue weighted by Crippen LogP contribution is 2.37. The van der Waals surface area contributed by atoms with Gasteiger partial charge in [-0.05, 0) is 0 Å². The summed E-state index contributed by atoms with van der Waals surface area (Å²) in [6.07, 6.45) is 3.21. The Morgan fingerprint density at radius 1 is 1.44 bits per heavy atom. The van der Waals surface area contributed by atoms with Gasteiger partial charge in [0.05, 0.1) is 15.7 Å². The lowest BCUT2D eigenvalue weighted by molar-refractivity contribution is -0.117. The van der Waals surface area contributed by atoms with Crippen LogP contribution < -0.4 is 4.90 Å². The summed E-state index contributed by atoms with van der Waals surface area (Å²) >= 11 is 13.2. The topological polar surface area (TPSA) is 50.3 Å². The summed E-state index contributed by atoms with van der Waals surface area (Å²) in [6, 6.07) is 0. The first kappa shape index (κ1) is 13.6. The number of pyridine rings is 1. The molecule has 2 heterocycles. The molecule has 0 aliphatic carbocycles. The molecule has 2 rings (SSSR count). The van der Waals surface area contributed by atoms with Gasteiger partial charge in [0.25, 0.3) is 0 Å². The van der Waals surface area contributed by atoms with Crippen molar-refractivity contribution in [3.63, 3.8) is 0 Å². The quantitative estimate of drug-likeness (QED) is 0.843. The van der Waals surface area contributed by atoms with Gasteiger partial charge in [-0.1, -0.05) is 35.0 Å². The van der Waals surface area contributed by atoms with E-state index < -0.39 is 0 Å². The van der Waals surface area contributed by atoms with Crippen LogP contribution in [0.15, 0.2) is 12.4 Å². The molecular formula is C11H10Cl2N2O2S. The maximum Gasteiger partial charge on any atom is 0.228 e. The average Bonchev–Trinajstić information content (AvgIpc) is 2.58. The van der Waals surface area contributed by atoms with Crippen LogP contribution in [0.3, 0.4) is 0 Å². The predicted molar refractivity (Wildman–Crippen MR) is 73.3 cm³/mol. The molecule has 1 unspecified atom stereocenters. The fraction of sp³-hybridized carbons (Fsp3) is 0.364. The minimum Gasteiger partial charge on any atom is -0.308 e. The molecule has 1 amide bonds. The number of amides is 1. The number of carbonyl (C=O) groups is 2. The Kier molecular flexibility index (Phi) is 4.14. The zero-order chi connectivity index (χ0) is 13.3. The van der Waals surface area contributed by atoms with E-state index in [1.165, 1.54) is 36.0 Å². The van der Waals surface area contributed by atoms with E-state index in [1.54, 1.807) is 0 Å². The number of halogens is 2. The van der Waals surface area contributed by atoms with Crippen LogP contribution in [-0.4, -0.2) is 27.8 Å². The first-order valence-corrected chi connectivity index (χ1v) is 6.89. The van der Waals surface area contributed by atoms with E-state index in [1.807, 2.05) is 0 Å². The second-order valence-corrected chi connectivity index (χ2v) is 6.18. The highest BCUT2D eigenvalue weighted by atomic mass is 35.5. The van der Waals surface area contributed by atoms with Crippen molar-refractivity contribution in [1.29, 1.82) is 0 Å². The first-order chi connectivity index (χ1) is 8.49. The maximum atomic E-state index is 11.9. The molecule has 7 heteroatoms. The number of nitrogens with zero attached hydrogens (tertiary/aromatic N) is 2. The van der Waals surface area contributed by atoms with Crippen LogP contribution in [0.5, 0.6) is 0 Å². The highest BCUT2D eigenvalue weighted by Gasteiger charge is 2.34. The number of anilines is 1. The molecule has 1 aliphatic heterocycles. The molecule has 0 aromatic carbocycles. The van der Waals surface area contributed by atoms with E-state index in [0.29, 0.717) is 28.7 Å². The lowest BCUT2D eigenvalue weighted by Gasteiger charge is -2.18. The van der Waals surface area contributed by atoms with Crippen LogP contribution in [0.4, 0.5) is 5.69 Å². The summed E-state index contributed by atoms with van der Waals surface area (Å²) in [7, 11) is 0. The standard InChI is InChI=1S/C11H10Cl2N2O2S/c1-6(16)18-7-2-10(17)15(5-7)11-8(12)3-14-4-9(11)13/h3-4,7H,2,5H2,1H3. The summed E-state index contributed by atoms with van der Waals surface area (Å²) in [5, 5.41) is 0.630. The molecule has 0 spiro atoms. The molecule has 1 aromatic heterocycles. The Hall–Kier alpha value is -0.780. The van der Waals surface area contributed by atoms with Crippen molar-refractivity contribution in [2.24, 2.45) is 0 Å². The molecule has 1 saturated heterocycles. The molecule has 0 bridgehead atoms. The molecule has 0 radical (unpaired) electrons. The Morgan fingerprint density at radius 3 is 2.61 bits per heavy atom. The molecule has 18 heavy (non-hydrogen) atoms. The molecule has 0 N–H and O–H groups in total. The van der Waals surface area contributed by atoms with Gasteiger partial charge < -0.3 is 4.90 Å². The van der Waals surface area contributed by atoms with Crippen LogP contribution >= 0.6 is 35.0 Å². The van der Waals surface area contributed by atoms with E-state index >= 15 is 0 Å². The second kappa shape index (κ2) is 5.47. The van der Waals surface area contributed by atoms with Crippen LogP contribution in [0.2, 0.25) is 10.0 Å². The number of hydrogen-bond acceptors (Lipinski definition) is 4. The molecule has 1 fully saturated rings. The summed E-state index contributed by atoms with van der Waals surface area (Å²) in [4.78, 5) is 28.4. The van der Waals surface area contributed by atoms with Gasteiger partial charge in [0.1, 0.15) is 0 Å². The Bertz CT molecular complexity index is 490. The van der Waals surface area contributed by atoms with E-state index in [-0.39, 0.29) is 16.3 Å². The van der Waals surface area contributed by atoms with Crippen molar-refractivity contribution < 1.29 is 9.59 Å². The number of thioether (sulfide) groups is 1. The lowest BCUT2D eigenvalue weighted by Crippen LogP contribution is -2.25. The van der Waals surface area contributed by atoms with Crippen LogP contribution in [0.1, 0.15) is 13.3 Å². The van der Waals surface area contributed by atoms with Crippen LogP contribution in [0.25, 0.3) is 0 Å². The molecule has 1 aliphatic rings. The van der Waals surface area contributed by atoms with Gasteiger partial charge in [-0.25, -0.2) is 0 Å². The van der Waals surface area contributed by atoms with Gasteiger partial charge in [-0.15, -0.1) is 0 Å². The number of hydrogen-bond donors (Lipinski definition) is 0. The zero-order valence-corrected chi connectivity index (χ0v) is 11.8. The number of rotatable bonds is 2. The predicted octanol–water partition coefficient (Wildman–Crippen LogP) is 2.77. The third kappa shape index (κ3) is 2.79. The van der Waals surface area contributed by atoms with Gasteiger partial charge in [0, 0.05) is 37.5 Å². The molecular weight excluding hydrogens is 295 g/mol. The maximum absolute atomic E-state index is 11.9. The molecule has 1 aromatic rings. The Morgan fingerprint density at radius 2 is 2.06 bits per heavy atom. The van der Waals surface area contributed by atoms with Gasteiger partial charge in [-0.2, -0.15) is 0 Å². The molecule has 0 saturated carbocycles. The normalized spacial score (nSPS) is 19.4. The number of aromatic nitrogens is 1. The van der Waals surface area contributed by atoms with E-state index in [4.69, 9.17) is 23.2 Å². The van der Waals surface area contributed by atoms with Gasteiger partial charge in [0.15, 0.2) is 5.12 Å². The monoisotopic (exact) mass is 304 g/mol. The van der Waals surface area contributed by atoms with Crippen molar-refractivity contribution in [2.75, 3.05) is 11.4 Å². The van der Waals surface area contributed by atoms with Crippen molar-refractivity contribution in [3.8, 4) is 0 Å². The minimum absolute atomic E-state index is 0.00146. The first-order valence-electron chi connectivity index (χ1n) is 5.25. The molecule has 96 valence electrons. The summed E-state index contributed by atoms with van der Waals surface area (Å²) in [6.45, 7) is 1.93. The van der Waals surface area contributed by atoms with Crippen molar-refractivity contribution in [2.45, 2.75) is 18.6 Å². The van der Waals surface area contributed by atoms with Crippen molar-refractivity contribution >= 4 is 51.7 Å². The molecule has 1 atom stereocenters. The molecule has 4 nitrogen and oxygen atoms in total. The average molecular weight is 305 g/mol. The second-order valence-electron chi connectivity index (χ2n) is 3.89. The summed E-state index contributed by atoms with van der Waals surface area (Å²) in [5.74, 6) is -0.0799. The summed E-state index contributed by atoms with van der Waals surface area (Å²) in [5.41, 5.74) is 0.477. The number of carbonyl (C=O) groups excluding carboxylic acids is 2. The highest BCUT2D eigenvalue weighted by molar-refractivity contribution is 8.14. The van der Waals surface area contributed by atoms with Gasteiger partial charge >= 0.3 is 0 Å². The summed E-state index contributed by atoms with van der Waals surface area (Å²) < 4.78 is 0. The zero-order valence-electron chi connectivity index (χ0n) is 9.52. The SMILES string of the molecule is CC(=O)SC1CC(=O)N(c2c(Cl)cncc2Cl)C1. The Balaban J connectivity index is 2.24. The minimum atomic E-state index is -0.0799. The van der Waals surface area contributed by atoms with E-state index in [0.717, 1.165) is 0 Å². The van der Waals surface area contributed by atoms with Crippen molar-refractivity contribution in [3.05, 3.63) is 22.4 Å². The smallest absolute Gasteiger partial charge is 0.228 e. The van der Waals surface area contributed by atoms with E-state index in [2.05, 4.69) is 4.98 Å². The van der Waals surface area contributed by atoms with Crippen LogP contribution in [0, 0.1) is 0 Å². The van der Waals surface area contributed by atoms with Crippen LogP contribution in [-0.2, 0) is 9.59 Å².